The summed E-state index contributed by atoms with van der Waals surface area (Å²) in [6.07, 6.45) is 6.57. The average molecular weight is 382 g/mol. The Labute approximate surface area is 165 Å². The summed E-state index contributed by atoms with van der Waals surface area (Å²) >= 11 is 0. The second kappa shape index (κ2) is 9.78. The zero-order valence-electron chi connectivity index (χ0n) is 16.1. The maximum absolute atomic E-state index is 12.3. The van der Waals surface area contributed by atoms with Crippen molar-refractivity contribution >= 4 is 17.9 Å². The van der Waals surface area contributed by atoms with Gasteiger partial charge in [0.2, 0.25) is 5.91 Å². The molecule has 0 aliphatic carbocycles. The van der Waals surface area contributed by atoms with E-state index in [1.807, 2.05) is 17.9 Å². The fourth-order valence-corrected chi connectivity index (χ4v) is 3.21. The molecule has 0 spiro atoms. The molecule has 0 atom stereocenters. The van der Waals surface area contributed by atoms with Gasteiger partial charge in [-0.1, -0.05) is 0 Å². The van der Waals surface area contributed by atoms with Crippen LogP contribution >= 0.6 is 0 Å². The Bertz CT molecular complexity index is 788. The molecule has 1 N–H and O–H groups in total. The van der Waals surface area contributed by atoms with Crippen LogP contribution in [0, 0.1) is 5.92 Å². The van der Waals surface area contributed by atoms with Gasteiger partial charge in [-0.2, -0.15) is 0 Å². The molecule has 1 aliphatic rings. The lowest BCUT2D eigenvalue weighted by molar-refractivity contribution is -0.127. The number of piperidine rings is 1. The topological polar surface area (TPSA) is 71.8 Å². The minimum absolute atomic E-state index is 0.00623. The van der Waals surface area contributed by atoms with Crippen molar-refractivity contribution in [1.29, 1.82) is 0 Å². The van der Waals surface area contributed by atoms with Crippen LogP contribution in [-0.2, 0) is 4.79 Å². The van der Waals surface area contributed by atoms with Crippen LogP contribution in [0.3, 0.4) is 0 Å². The van der Waals surface area contributed by atoms with Gasteiger partial charge in [-0.15, -0.1) is 0 Å². The highest BCUT2D eigenvalue weighted by Crippen LogP contribution is 2.18. The molecule has 0 unspecified atom stereocenters. The molecule has 28 heavy (non-hydrogen) atoms. The Morgan fingerprint density at radius 3 is 2.61 bits per heavy atom. The van der Waals surface area contributed by atoms with E-state index < -0.39 is 0 Å². The van der Waals surface area contributed by atoms with Crippen LogP contribution in [0.25, 0.3) is 6.08 Å². The van der Waals surface area contributed by atoms with E-state index in [1.165, 1.54) is 0 Å². The third-order valence-electron chi connectivity index (χ3n) is 4.84. The molecule has 6 nitrogen and oxygen atoms in total. The molecule has 0 saturated carbocycles. The Hall–Kier alpha value is -3.02. The van der Waals surface area contributed by atoms with Gasteiger partial charge < -0.3 is 19.4 Å². The standard InChI is InChI=1S/C22H26N2O4/c1-2-27-20-7-5-18(6-8-20)22(26)23-16-17-11-13-24(14-12-17)21(25)10-9-19-4-3-15-28-19/h3-10,15,17H,2,11-14,16H2,1H3,(H,23,26)/b10-9+. The van der Waals surface area contributed by atoms with Gasteiger partial charge in [0.25, 0.3) is 5.91 Å². The van der Waals surface area contributed by atoms with Gasteiger partial charge in [-0.25, -0.2) is 0 Å². The molecule has 148 valence electrons. The van der Waals surface area contributed by atoms with Crippen molar-refractivity contribution in [2.24, 2.45) is 5.92 Å². The highest BCUT2D eigenvalue weighted by molar-refractivity contribution is 5.94. The lowest BCUT2D eigenvalue weighted by atomic mass is 9.96. The summed E-state index contributed by atoms with van der Waals surface area (Å²) in [4.78, 5) is 26.4. The summed E-state index contributed by atoms with van der Waals surface area (Å²) in [6, 6.07) is 10.7. The van der Waals surface area contributed by atoms with E-state index in [4.69, 9.17) is 9.15 Å². The zero-order valence-corrected chi connectivity index (χ0v) is 16.1. The van der Waals surface area contributed by atoms with E-state index >= 15 is 0 Å². The number of hydrogen-bond donors (Lipinski definition) is 1. The van der Waals surface area contributed by atoms with Crippen LogP contribution in [0.5, 0.6) is 5.75 Å². The summed E-state index contributed by atoms with van der Waals surface area (Å²) in [6.45, 7) is 4.55. The highest BCUT2D eigenvalue weighted by atomic mass is 16.5. The Kier molecular flexibility index (Phi) is 6.89. The number of likely N-dealkylation sites (tertiary alicyclic amines) is 1. The zero-order chi connectivity index (χ0) is 19.8. The molecule has 1 aromatic heterocycles. The van der Waals surface area contributed by atoms with Crippen molar-refractivity contribution in [3.05, 3.63) is 60.1 Å². The van der Waals surface area contributed by atoms with Gasteiger partial charge in [-0.3, -0.25) is 9.59 Å². The Balaban J connectivity index is 1.40. The van der Waals surface area contributed by atoms with Crippen molar-refractivity contribution < 1.29 is 18.7 Å². The van der Waals surface area contributed by atoms with Crippen molar-refractivity contribution in [1.82, 2.24) is 10.2 Å². The number of nitrogens with zero attached hydrogens (tertiary/aromatic N) is 1. The lowest BCUT2D eigenvalue weighted by Gasteiger charge is -2.31. The van der Waals surface area contributed by atoms with E-state index in [0.29, 0.717) is 43.5 Å². The molecule has 1 aromatic carbocycles. The number of carbonyl (C=O) groups is 2. The molecule has 1 saturated heterocycles. The highest BCUT2D eigenvalue weighted by Gasteiger charge is 2.22. The van der Waals surface area contributed by atoms with E-state index in [1.54, 1.807) is 48.7 Å². The van der Waals surface area contributed by atoms with E-state index in [2.05, 4.69) is 5.32 Å². The summed E-state index contributed by atoms with van der Waals surface area (Å²) < 4.78 is 10.6. The molecule has 0 radical (unpaired) electrons. The van der Waals surface area contributed by atoms with Crippen molar-refractivity contribution in [2.45, 2.75) is 19.8 Å². The predicted octanol–water partition coefficient (Wildman–Crippen LogP) is 3.36. The van der Waals surface area contributed by atoms with Gasteiger partial charge in [0.15, 0.2) is 0 Å². The van der Waals surface area contributed by atoms with Gasteiger partial charge in [0, 0.05) is 31.3 Å². The van der Waals surface area contributed by atoms with Crippen molar-refractivity contribution in [3.8, 4) is 5.75 Å². The Morgan fingerprint density at radius 2 is 1.96 bits per heavy atom. The smallest absolute Gasteiger partial charge is 0.251 e. The summed E-state index contributed by atoms with van der Waals surface area (Å²) in [5, 5.41) is 3.00. The molecule has 2 heterocycles. The summed E-state index contributed by atoms with van der Waals surface area (Å²) in [7, 11) is 0. The van der Waals surface area contributed by atoms with Gasteiger partial charge >= 0.3 is 0 Å². The van der Waals surface area contributed by atoms with E-state index in [-0.39, 0.29) is 11.8 Å². The van der Waals surface area contributed by atoms with Crippen molar-refractivity contribution in [2.75, 3.05) is 26.2 Å². The minimum Gasteiger partial charge on any atom is -0.494 e. The first-order valence-corrected chi connectivity index (χ1v) is 9.67. The average Bonchev–Trinajstić information content (AvgIpc) is 3.25. The van der Waals surface area contributed by atoms with Gasteiger partial charge in [-0.05, 0) is 68.2 Å². The summed E-state index contributed by atoms with van der Waals surface area (Å²) in [5.74, 6) is 1.72. The second-order valence-electron chi connectivity index (χ2n) is 6.78. The lowest BCUT2D eigenvalue weighted by Crippen LogP contribution is -2.40. The Morgan fingerprint density at radius 1 is 1.21 bits per heavy atom. The second-order valence-corrected chi connectivity index (χ2v) is 6.78. The summed E-state index contributed by atoms with van der Waals surface area (Å²) in [5.41, 5.74) is 0.624. The molecule has 0 bridgehead atoms. The fraction of sp³-hybridized carbons (Fsp3) is 0.364. The number of ether oxygens (including phenoxy) is 1. The third kappa shape index (κ3) is 5.49. The molecule has 1 aliphatic heterocycles. The number of furan rings is 1. The number of hydrogen-bond acceptors (Lipinski definition) is 4. The first-order valence-electron chi connectivity index (χ1n) is 9.67. The first-order chi connectivity index (χ1) is 13.7. The van der Waals surface area contributed by atoms with Crippen LogP contribution in [0.4, 0.5) is 0 Å². The minimum atomic E-state index is -0.0806. The largest absolute Gasteiger partial charge is 0.494 e. The molecular formula is C22H26N2O4. The van der Waals surface area contributed by atoms with Crippen molar-refractivity contribution in [3.63, 3.8) is 0 Å². The van der Waals surface area contributed by atoms with Gasteiger partial charge in [0.05, 0.1) is 12.9 Å². The SMILES string of the molecule is CCOc1ccc(C(=O)NCC2CCN(C(=O)/C=C/c3ccco3)CC2)cc1. The number of rotatable bonds is 7. The third-order valence-corrected chi connectivity index (χ3v) is 4.84. The van der Waals surface area contributed by atoms with E-state index in [0.717, 1.165) is 18.6 Å². The first kappa shape index (κ1) is 19.7. The molecule has 1 fully saturated rings. The van der Waals surface area contributed by atoms with Crippen LogP contribution in [-0.4, -0.2) is 43.0 Å². The fourth-order valence-electron chi connectivity index (χ4n) is 3.21. The normalized spacial score (nSPS) is 15.0. The van der Waals surface area contributed by atoms with Crippen LogP contribution in [0.1, 0.15) is 35.9 Å². The van der Waals surface area contributed by atoms with Crippen LogP contribution in [0.15, 0.2) is 53.2 Å². The van der Waals surface area contributed by atoms with Crippen LogP contribution < -0.4 is 10.1 Å². The van der Waals surface area contributed by atoms with E-state index in [9.17, 15) is 9.59 Å². The van der Waals surface area contributed by atoms with Crippen LogP contribution in [0.2, 0.25) is 0 Å². The van der Waals surface area contributed by atoms with Gasteiger partial charge in [0.1, 0.15) is 11.5 Å². The number of nitrogens with one attached hydrogen (secondary N) is 1. The number of carbonyl (C=O) groups excluding carboxylic acids is 2. The molecule has 2 aromatic rings. The quantitative estimate of drug-likeness (QED) is 0.746. The molecule has 6 heteroatoms. The molecule has 3 rings (SSSR count). The monoisotopic (exact) mass is 382 g/mol. The maximum atomic E-state index is 12.3. The number of amides is 2. The number of benzene rings is 1. The maximum Gasteiger partial charge on any atom is 0.251 e. The predicted molar refractivity (Wildman–Crippen MR) is 107 cm³/mol. The molecular weight excluding hydrogens is 356 g/mol. The molecule has 2 amide bonds.